The van der Waals surface area contributed by atoms with Crippen LogP contribution in [0.5, 0.6) is 0 Å². The lowest BCUT2D eigenvalue weighted by Crippen LogP contribution is -2.52. The van der Waals surface area contributed by atoms with E-state index < -0.39 is 5.54 Å². The lowest BCUT2D eigenvalue weighted by molar-refractivity contribution is -0.152. The molecule has 19 heavy (non-hydrogen) atoms. The number of hydrogen-bond donors (Lipinski definition) is 1. The van der Waals surface area contributed by atoms with Gasteiger partial charge >= 0.3 is 5.97 Å². The van der Waals surface area contributed by atoms with E-state index in [2.05, 4.69) is 30.6 Å². The van der Waals surface area contributed by atoms with E-state index in [9.17, 15) is 4.79 Å². The van der Waals surface area contributed by atoms with Crippen LogP contribution in [0.2, 0.25) is 0 Å². The van der Waals surface area contributed by atoms with Crippen LogP contribution in [0.4, 0.5) is 0 Å². The molecule has 1 aromatic rings. The summed E-state index contributed by atoms with van der Waals surface area (Å²) < 4.78 is 5.28. The number of thiophene rings is 1. The Morgan fingerprint density at radius 2 is 2.00 bits per heavy atom. The zero-order valence-electron chi connectivity index (χ0n) is 12.2. The van der Waals surface area contributed by atoms with Gasteiger partial charge in [-0.3, -0.25) is 10.1 Å². The molecule has 1 aromatic heterocycles. The summed E-state index contributed by atoms with van der Waals surface area (Å²) in [5.41, 5.74) is -0.524. The van der Waals surface area contributed by atoms with Crippen molar-refractivity contribution in [1.29, 1.82) is 0 Å². The Morgan fingerprint density at radius 3 is 2.47 bits per heavy atom. The van der Waals surface area contributed by atoms with E-state index in [-0.39, 0.29) is 5.97 Å². The van der Waals surface area contributed by atoms with Crippen molar-refractivity contribution in [3.63, 3.8) is 0 Å². The highest BCUT2D eigenvalue weighted by Gasteiger charge is 2.37. The normalized spacial score (nSPS) is 11.5. The lowest BCUT2D eigenvalue weighted by atomic mass is 9.88. The van der Waals surface area contributed by atoms with Crippen molar-refractivity contribution >= 4 is 17.3 Å². The van der Waals surface area contributed by atoms with Gasteiger partial charge in [0.2, 0.25) is 0 Å². The SMILES string of the molecule is CCCC(CCC)(NCc1cccs1)C(=O)OCC. The molecular formula is C15H25NO2S. The van der Waals surface area contributed by atoms with Gasteiger partial charge in [0.25, 0.3) is 0 Å². The molecule has 1 heterocycles. The summed E-state index contributed by atoms with van der Waals surface area (Å²) in [6.07, 6.45) is 3.59. The van der Waals surface area contributed by atoms with Gasteiger partial charge < -0.3 is 4.74 Å². The van der Waals surface area contributed by atoms with Crippen molar-refractivity contribution in [2.45, 2.75) is 58.5 Å². The fourth-order valence-electron chi connectivity index (χ4n) is 2.37. The van der Waals surface area contributed by atoms with E-state index in [1.54, 1.807) is 11.3 Å². The Morgan fingerprint density at radius 1 is 1.32 bits per heavy atom. The first-order valence-corrected chi connectivity index (χ1v) is 8.01. The minimum atomic E-state index is -0.524. The van der Waals surface area contributed by atoms with Crippen molar-refractivity contribution in [1.82, 2.24) is 5.32 Å². The first-order chi connectivity index (χ1) is 9.18. The van der Waals surface area contributed by atoms with E-state index >= 15 is 0 Å². The Kier molecular flexibility index (Phi) is 7.10. The van der Waals surface area contributed by atoms with Crippen molar-refractivity contribution in [3.05, 3.63) is 22.4 Å². The molecule has 1 N–H and O–H groups in total. The molecule has 0 atom stereocenters. The van der Waals surface area contributed by atoms with Gasteiger partial charge in [-0.05, 0) is 31.2 Å². The largest absolute Gasteiger partial charge is 0.465 e. The van der Waals surface area contributed by atoms with Gasteiger partial charge in [-0.15, -0.1) is 11.3 Å². The Bertz CT molecular complexity index is 356. The van der Waals surface area contributed by atoms with E-state index in [1.807, 2.05) is 13.0 Å². The van der Waals surface area contributed by atoms with Gasteiger partial charge in [0, 0.05) is 11.4 Å². The molecule has 0 radical (unpaired) electrons. The Hall–Kier alpha value is -0.870. The average molecular weight is 283 g/mol. The molecule has 3 nitrogen and oxygen atoms in total. The molecule has 0 saturated carbocycles. The lowest BCUT2D eigenvalue weighted by Gasteiger charge is -2.32. The Balaban J connectivity index is 2.78. The van der Waals surface area contributed by atoms with Crippen LogP contribution in [0.3, 0.4) is 0 Å². The number of ether oxygens (including phenoxy) is 1. The highest BCUT2D eigenvalue weighted by Crippen LogP contribution is 2.23. The molecular weight excluding hydrogens is 258 g/mol. The number of esters is 1. The molecule has 0 bridgehead atoms. The Labute approximate surface area is 120 Å². The third kappa shape index (κ3) is 4.62. The van der Waals surface area contributed by atoms with Crippen LogP contribution in [0.25, 0.3) is 0 Å². The minimum absolute atomic E-state index is 0.102. The summed E-state index contributed by atoms with van der Waals surface area (Å²) in [5.74, 6) is -0.102. The predicted molar refractivity (Wildman–Crippen MR) is 80.3 cm³/mol. The van der Waals surface area contributed by atoms with Gasteiger partial charge in [0.15, 0.2) is 0 Å². The minimum Gasteiger partial charge on any atom is -0.465 e. The second-order valence-electron chi connectivity index (χ2n) is 4.74. The van der Waals surface area contributed by atoms with E-state index in [1.165, 1.54) is 4.88 Å². The fourth-order valence-corrected chi connectivity index (χ4v) is 3.01. The van der Waals surface area contributed by atoms with Crippen molar-refractivity contribution < 1.29 is 9.53 Å². The molecule has 0 aliphatic heterocycles. The van der Waals surface area contributed by atoms with Gasteiger partial charge in [-0.2, -0.15) is 0 Å². The van der Waals surface area contributed by atoms with Crippen molar-refractivity contribution in [2.75, 3.05) is 6.61 Å². The van der Waals surface area contributed by atoms with Crippen LogP contribution in [-0.2, 0) is 16.1 Å². The maximum atomic E-state index is 12.3. The number of carbonyl (C=O) groups excluding carboxylic acids is 1. The molecule has 0 unspecified atom stereocenters. The second kappa shape index (κ2) is 8.33. The van der Waals surface area contributed by atoms with Gasteiger partial charge in [-0.1, -0.05) is 32.8 Å². The van der Waals surface area contributed by atoms with Crippen LogP contribution in [0.1, 0.15) is 51.3 Å². The molecule has 0 aliphatic rings. The molecule has 0 fully saturated rings. The molecule has 1 rings (SSSR count). The van der Waals surface area contributed by atoms with Crippen LogP contribution in [0, 0.1) is 0 Å². The summed E-state index contributed by atoms with van der Waals surface area (Å²) in [6.45, 7) is 7.25. The third-order valence-corrected chi connectivity index (χ3v) is 4.08. The zero-order valence-corrected chi connectivity index (χ0v) is 13.0. The molecule has 0 spiro atoms. The maximum Gasteiger partial charge on any atom is 0.326 e. The van der Waals surface area contributed by atoms with Gasteiger partial charge in [0.05, 0.1) is 6.61 Å². The second-order valence-corrected chi connectivity index (χ2v) is 5.77. The van der Waals surface area contributed by atoms with Crippen LogP contribution in [-0.4, -0.2) is 18.1 Å². The monoisotopic (exact) mass is 283 g/mol. The number of rotatable bonds is 9. The summed E-state index contributed by atoms with van der Waals surface area (Å²) in [7, 11) is 0. The summed E-state index contributed by atoms with van der Waals surface area (Å²) in [5, 5.41) is 5.52. The van der Waals surface area contributed by atoms with Gasteiger partial charge in [-0.25, -0.2) is 0 Å². The standard InChI is InChI=1S/C15H25NO2S/c1-4-9-15(10-5-2,14(17)18-6-3)16-12-13-8-7-11-19-13/h7-8,11,16H,4-6,9-10,12H2,1-3H3. The first-order valence-electron chi connectivity index (χ1n) is 7.13. The smallest absolute Gasteiger partial charge is 0.326 e. The number of hydrogen-bond acceptors (Lipinski definition) is 4. The van der Waals surface area contributed by atoms with E-state index in [0.717, 1.165) is 32.2 Å². The maximum absolute atomic E-state index is 12.3. The molecule has 0 aromatic carbocycles. The van der Waals surface area contributed by atoms with E-state index in [0.29, 0.717) is 6.61 Å². The molecule has 0 saturated heterocycles. The first kappa shape index (κ1) is 16.2. The summed E-state index contributed by atoms with van der Waals surface area (Å²) in [6, 6.07) is 4.12. The number of carbonyl (C=O) groups is 1. The van der Waals surface area contributed by atoms with Gasteiger partial charge in [0.1, 0.15) is 5.54 Å². The molecule has 108 valence electrons. The zero-order chi connectivity index (χ0) is 14.1. The van der Waals surface area contributed by atoms with Crippen molar-refractivity contribution in [3.8, 4) is 0 Å². The quantitative estimate of drug-likeness (QED) is 0.702. The van der Waals surface area contributed by atoms with Crippen LogP contribution < -0.4 is 5.32 Å². The highest BCUT2D eigenvalue weighted by molar-refractivity contribution is 7.09. The molecule has 0 aliphatic carbocycles. The fraction of sp³-hybridized carbons (Fsp3) is 0.667. The van der Waals surface area contributed by atoms with Crippen LogP contribution >= 0.6 is 11.3 Å². The average Bonchev–Trinajstić information content (AvgIpc) is 2.90. The molecule has 0 amide bonds. The summed E-state index contributed by atoms with van der Waals surface area (Å²) >= 11 is 1.71. The van der Waals surface area contributed by atoms with Crippen LogP contribution in [0.15, 0.2) is 17.5 Å². The summed E-state index contributed by atoms with van der Waals surface area (Å²) in [4.78, 5) is 13.6. The molecule has 4 heteroatoms. The highest BCUT2D eigenvalue weighted by atomic mass is 32.1. The predicted octanol–water partition coefficient (Wildman–Crippen LogP) is 3.74. The third-order valence-electron chi connectivity index (χ3n) is 3.20. The topological polar surface area (TPSA) is 38.3 Å². The number of nitrogens with one attached hydrogen (secondary N) is 1. The van der Waals surface area contributed by atoms with Crippen molar-refractivity contribution in [2.24, 2.45) is 0 Å². The van der Waals surface area contributed by atoms with E-state index in [4.69, 9.17) is 4.74 Å².